The molecule has 1 aromatic heterocycles. The van der Waals surface area contributed by atoms with Gasteiger partial charge in [-0.3, -0.25) is 14.2 Å². The van der Waals surface area contributed by atoms with Crippen molar-refractivity contribution < 1.29 is 19.1 Å². The lowest BCUT2D eigenvalue weighted by Crippen LogP contribution is -2.29. The molecule has 0 amide bonds. The van der Waals surface area contributed by atoms with Crippen LogP contribution >= 0.6 is 11.8 Å². The topological polar surface area (TPSA) is 87.5 Å². The zero-order valence-electron chi connectivity index (χ0n) is 18.5. The zero-order chi connectivity index (χ0) is 23.2. The highest BCUT2D eigenvalue weighted by atomic mass is 32.2. The molecule has 1 aliphatic rings. The highest BCUT2D eigenvalue weighted by molar-refractivity contribution is 7.99. The first kappa shape index (κ1) is 23.2. The van der Waals surface area contributed by atoms with E-state index in [0.717, 1.165) is 12.8 Å². The molecule has 0 N–H and O–H groups in total. The average Bonchev–Trinajstić information content (AvgIpc) is 3.37. The molecule has 0 radical (unpaired) electrons. The van der Waals surface area contributed by atoms with Crippen LogP contribution in [0.25, 0.3) is 10.9 Å². The fourth-order valence-electron chi connectivity index (χ4n) is 3.87. The summed E-state index contributed by atoms with van der Waals surface area (Å²) in [4.78, 5) is 42.3. The van der Waals surface area contributed by atoms with Crippen LogP contribution in [0.4, 0.5) is 0 Å². The van der Waals surface area contributed by atoms with E-state index in [1.165, 1.54) is 18.9 Å². The molecule has 0 aliphatic carbocycles. The lowest BCUT2D eigenvalue weighted by molar-refractivity contribution is 0.0600. The summed E-state index contributed by atoms with van der Waals surface area (Å²) in [6.45, 7) is 1.14. The van der Waals surface area contributed by atoms with Gasteiger partial charge >= 0.3 is 5.97 Å². The monoisotopic (exact) mass is 466 g/mol. The van der Waals surface area contributed by atoms with Gasteiger partial charge in [0.15, 0.2) is 10.9 Å². The van der Waals surface area contributed by atoms with E-state index < -0.39 is 5.97 Å². The van der Waals surface area contributed by atoms with E-state index in [9.17, 15) is 14.4 Å². The normalized spacial score (nSPS) is 15.6. The van der Waals surface area contributed by atoms with Crippen LogP contribution in [0.2, 0.25) is 0 Å². The van der Waals surface area contributed by atoms with Gasteiger partial charge in [-0.25, -0.2) is 9.78 Å². The Labute approximate surface area is 196 Å². The number of benzene rings is 2. The number of ketones is 1. The minimum absolute atomic E-state index is 0.0182. The number of fused-ring (bicyclic) bond motifs is 1. The van der Waals surface area contributed by atoms with Crippen molar-refractivity contribution in [2.75, 3.05) is 19.5 Å². The molecule has 2 aromatic carbocycles. The van der Waals surface area contributed by atoms with Gasteiger partial charge in [0.25, 0.3) is 5.56 Å². The standard InChI is InChI=1S/C25H26N2O5S/c1-31-24(30)18-11-12-20-21(15-18)26-25(27(23(20)29)16-19-9-5-13-32-19)33-14-6-10-22(28)17-7-3-2-4-8-17/h2-4,7-8,11-12,15,19H,5-6,9-10,13-14,16H2,1H3/t19-/m0/s1. The fraction of sp³-hybridized carbons (Fsp3) is 0.360. The van der Waals surface area contributed by atoms with Crippen LogP contribution < -0.4 is 5.56 Å². The largest absolute Gasteiger partial charge is 0.465 e. The number of carbonyl (C=O) groups is 2. The quantitative estimate of drug-likeness (QED) is 0.154. The van der Waals surface area contributed by atoms with Gasteiger partial charge in [0, 0.05) is 24.3 Å². The number of ether oxygens (including phenoxy) is 2. The summed E-state index contributed by atoms with van der Waals surface area (Å²) in [6, 6.07) is 14.0. The van der Waals surface area contributed by atoms with E-state index in [1.54, 1.807) is 22.8 Å². The average molecular weight is 467 g/mol. The van der Waals surface area contributed by atoms with Crippen LogP contribution in [0.15, 0.2) is 58.5 Å². The maximum absolute atomic E-state index is 13.3. The third-order valence-corrected chi connectivity index (χ3v) is 6.69. The summed E-state index contributed by atoms with van der Waals surface area (Å²) >= 11 is 1.44. The number of methoxy groups -OCH3 is 1. The molecule has 33 heavy (non-hydrogen) atoms. The molecule has 7 nitrogen and oxygen atoms in total. The third kappa shape index (κ3) is 5.51. The summed E-state index contributed by atoms with van der Waals surface area (Å²) in [5.41, 5.74) is 1.35. The Kier molecular flexibility index (Phi) is 7.57. The SMILES string of the molecule is COC(=O)c1ccc2c(=O)n(C[C@@H]3CCCO3)c(SCCCC(=O)c3ccccc3)nc2c1. The second-order valence-corrected chi connectivity index (χ2v) is 8.97. The number of rotatable bonds is 9. The number of hydrogen-bond donors (Lipinski definition) is 0. The predicted octanol–water partition coefficient (Wildman–Crippen LogP) is 4.12. The molecule has 8 heteroatoms. The fourth-order valence-corrected chi connectivity index (χ4v) is 4.82. The number of carbonyl (C=O) groups excluding carboxylic acids is 2. The number of Topliss-reactive ketones (excluding diaryl/α,β-unsaturated/α-hetero) is 1. The molecule has 4 rings (SSSR count). The summed E-state index contributed by atoms with van der Waals surface area (Å²) in [7, 11) is 1.32. The first-order chi connectivity index (χ1) is 16.1. The van der Waals surface area contributed by atoms with E-state index >= 15 is 0 Å². The molecule has 1 saturated heterocycles. The maximum atomic E-state index is 13.3. The summed E-state index contributed by atoms with van der Waals surface area (Å²) in [6.07, 6.45) is 2.95. The minimum Gasteiger partial charge on any atom is -0.465 e. The van der Waals surface area contributed by atoms with E-state index in [-0.39, 0.29) is 17.4 Å². The molecule has 1 atom stereocenters. The molecule has 0 spiro atoms. The number of nitrogens with zero attached hydrogens (tertiary/aromatic N) is 2. The molecular weight excluding hydrogens is 440 g/mol. The number of aromatic nitrogens is 2. The number of thioether (sulfide) groups is 1. The Morgan fingerprint density at radius 2 is 2.00 bits per heavy atom. The minimum atomic E-state index is -0.476. The first-order valence-electron chi connectivity index (χ1n) is 11.0. The smallest absolute Gasteiger partial charge is 0.337 e. The first-order valence-corrected chi connectivity index (χ1v) is 12.0. The van der Waals surface area contributed by atoms with Crippen molar-refractivity contribution in [1.82, 2.24) is 9.55 Å². The van der Waals surface area contributed by atoms with Crippen LogP contribution in [0.1, 0.15) is 46.4 Å². The Balaban J connectivity index is 1.55. The van der Waals surface area contributed by atoms with Crippen LogP contribution in [0, 0.1) is 0 Å². The highest BCUT2D eigenvalue weighted by Crippen LogP contribution is 2.23. The summed E-state index contributed by atoms with van der Waals surface area (Å²) in [5.74, 6) is 0.261. The highest BCUT2D eigenvalue weighted by Gasteiger charge is 2.21. The van der Waals surface area contributed by atoms with Gasteiger partial charge in [-0.1, -0.05) is 42.1 Å². The lowest BCUT2D eigenvalue weighted by Gasteiger charge is -2.16. The second-order valence-electron chi connectivity index (χ2n) is 7.91. The van der Waals surface area contributed by atoms with Crippen molar-refractivity contribution in [3.8, 4) is 0 Å². The van der Waals surface area contributed by atoms with Crippen molar-refractivity contribution in [2.24, 2.45) is 0 Å². The predicted molar refractivity (Wildman–Crippen MR) is 127 cm³/mol. The van der Waals surface area contributed by atoms with Crippen molar-refractivity contribution >= 4 is 34.4 Å². The summed E-state index contributed by atoms with van der Waals surface area (Å²) < 4.78 is 12.2. The molecule has 0 unspecified atom stereocenters. The van der Waals surface area contributed by atoms with E-state index in [1.807, 2.05) is 30.3 Å². The van der Waals surface area contributed by atoms with Crippen molar-refractivity contribution in [2.45, 2.75) is 43.5 Å². The van der Waals surface area contributed by atoms with Gasteiger partial charge in [-0.15, -0.1) is 0 Å². The Morgan fingerprint density at radius 1 is 1.18 bits per heavy atom. The molecule has 3 aromatic rings. The Hall–Kier alpha value is -2.97. The van der Waals surface area contributed by atoms with Crippen LogP contribution in [-0.2, 0) is 16.0 Å². The molecule has 1 aliphatic heterocycles. The van der Waals surface area contributed by atoms with Crippen LogP contribution in [-0.4, -0.2) is 46.9 Å². The molecule has 2 heterocycles. The Bertz CT molecular complexity index is 1200. The van der Waals surface area contributed by atoms with Gasteiger partial charge in [-0.2, -0.15) is 0 Å². The van der Waals surface area contributed by atoms with Gasteiger partial charge in [-0.05, 0) is 37.5 Å². The second kappa shape index (κ2) is 10.8. The zero-order valence-corrected chi connectivity index (χ0v) is 19.3. The van der Waals surface area contributed by atoms with Crippen molar-refractivity contribution in [1.29, 1.82) is 0 Å². The number of esters is 1. The van der Waals surface area contributed by atoms with E-state index in [2.05, 4.69) is 0 Å². The van der Waals surface area contributed by atoms with Crippen LogP contribution in [0.3, 0.4) is 0 Å². The molecule has 0 saturated carbocycles. The molecular formula is C25H26N2O5S. The van der Waals surface area contributed by atoms with Gasteiger partial charge in [0.05, 0.1) is 36.2 Å². The van der Waals surface area contributed by atoms with Gasteiger partial charge in [0.1, 0.15) is 0 Å². The third-order valence-electron chi connectivity index (χ3n) is 5.63. The summed E-state index contributed by atoms with van der Waals surface area (Å²) in [5, 5.41) is 1.02. The van der Waals surface area contributed by atoms with E-state index in [0.29, 0.717) is 58.9 Å². The molecule has 0 bridgehead atoms. The maximum Gasteiger partial charge on any atom is 0.337 e. The van der Waals surface area contributed by atoms with Gasteiger partial charge < -0.3 is 9.47 Å². The number of hydrogen-bond acceptors (Lipinski definition) is 7. The van der Waals surface area contributed by atoms with Crippen molar-refractivity contribution in [3.05, 3.63) is 70.0 Å². The lowest BCUT2D eigenvalue weighted by atomic mass is 10.1. The van der Waals surface area contributed by atoms with Crippen LogP contribution in [0.5, 0.6) is 0 Å². The Morgan fingerprint density at radius 3 is 2.73 bits per heavy atom. The van der Waals surface area contributed by atoms with Gasteiger partial charge in [0.2, 0.25) is 0 Å². The molecule has 172 valence electrons. The van der Waals surface area contributed by atoms with E-state index in [4.69, 9.17) is 14.5 Å². The molecule has 1 fully saturated rings. The van der Waals surface area contributed by atoms with Crippen molar-refractivity contribution in [3.63, 3.8) is 0 Å².